The van der Waals surface area contributed by atoms with Gasteiger partial charge in [-0.15, -0.1) is 0 Å². The van der Waals surface area contributed by atoms with Gasteiger partial charge in [0.2, 0.25) is 11.8 Å². The number of piperazine rings is 1. The van der Waals surface area contributed by atoms with E-state index in [4.69, 9.17) is 0 Å². The van der Waals surface area contributed by atoms with Crippen molar-refractivity contribution in [1.29, 1.82) is 0 Å². The minimum Gasteiger partial charge on any atom is -0.384 e. The van der Waals surface area contributed by atoms with Gasteiger partial charge >= 0.3 is 0 Å². The van der Waals surface area contributed by atoms with E-state index < -0.39 is 5.60 Å². The van der Waals surface area contributed by atoms with Crippen molar-refractivity contribution in [2.75, 3.05) is 39.8 Å². The van der Waals surface area contributed by atoms with Crippen molar-refractivity contribution in [2.24, 2.45) is 0 Å². The van der Waals surface area contributed by atoms with Gasteiger partial charge in [-0.05, 0) is 31.0 Å². The maximum absolute atomic E-state index is 12.3. The van der Waals surface area contributed by atoms with E-state index in [0.29, 0.717) is 26.1 Å². The normalized spacial score (nSPS) is 23.8. The second-order valence-electron chi connectivity index (χ2n) is 6.53. The van der Waals surface area contributed by atoms with Crippen LogP contribution in [0.15, 0.2) is 24.3 Å². The van der Waals surface area contributed by atoms with Crippen LogP contribution in [0.2, 0.25) is 0 Å². The number of nitrogens with one attached hydrogen (secondary N) is 1. The summed E-state index contributed by atoms with van der Waals surface area (Å²) >= 11 is 0. The molecule has 1 saturated heterocycles. The number of carbonyl (C=O) groups excluding carboxylic acids is 2. The van der Waals surface area contributed by atoms with Crippen LogP contribution in [0.5, 0.6) is 0 Å². The van der Waals surface area contributed by atoms with Crippen molar-refractivity contribution in [3.63, 3.8) is 0 Å². The fraction of sp³-hybridized carbons (Fsp3) is 0.529. The van der Waals surface area contributed by atoms with E-state index in [1.165, 1.54) is 5.56 Å². The summed E-state index contributed by atoms with van der Waals surface area (Å²) in [5.41, 5.74) is 1.25. The fourth-order valence-electron chi connectivity index (χ4n) is 3.52. The first-order valence-electron chi connectivity index (χ1n) is 8.02. The monoisotopic (exact) mass is 317 g/mol. The first-order valence-corrected chi connectivity index (χ1v) is 8.02. The van der Waals surface area contributed by atoms with Crippen LogP contribution in [0.4, 0.5) is 0 Å². The fourth-order valence-corrected chi connectivity index (χ4v) is 3.52. The SMILES string of the molecule is CN(CC(=O)N1CCNC(=O)C1)CC1(O)CCc2ccccc21. The Balaban J connectivity index is 1.60. The highest BCUT2D eigenvalue weighted by Gasteiger charge is 2.37. The van der Waals surface area contributed by atoms with Gasteiger partial charge in [0.25, 0.3) is 0 Å². The third-order valence-corrected chi connectivity index (χ3v) is 4.65. The quantitative estimate of drug-likeness (QED) is 0.800. The number of hydrogen-bond acceptors (Lipinski definition) is 4. The Morgan fingerprint density at radius 1 is 1.43 bits per heavy atom. The van der Waals surface area contributed by atoms with Crippen molar-refractivity contribution in [3.8, 4) is 0 Å². The van der Waals surface area contributed by atoms with Crippen LogP contribution in [0.1, 0.15) is 17.5 Å². The number of aryl methyl sites for hydroxylation is 1. The largest absolute Gasteiger partial charge is 0.384 e. The molecule has 2 N–H and O–H groups in total. The molecule has 124 valence electrons. The van der Waals surface area contributed by atoms with Gasteiger partial charge < -0.3 is 15.3 Å². The Morgan fingerprint density at radius 3 is 3.00 bits per heavy atom. The minimum absolute atomic E-state index is 0.0720. The number of hydrogen-bond donors (Lipinski definition) is 2. The summed E-state index contributed by atoms with van der Waals surface area (Å²) in [6.07, 6.45) is 1.54. The van der Waals surface area contributed by atoms with Crippen molar-refractivity contribution >= 4 is 11.8 Å². The Hall–Kier alpha value is -1.92. The molecule has 0 spiro atoms. The summed E-state index contributed by atoms with van der Waals surface area (Å²) in [5, 5.41) is 13.7. The van der Waals surface area contributed by atoms with E-state index in [-0.39, 0.29) is 24.9 Å². The van der Waals surface area contributed by atoms with Gasteiger partial charge in [0.05, 0.1) is 13.1 Å². The predicted molar refractivity (Wildman–Crippen MR) is 85.7 cm³/mol. The summed E-state index contributed by atoms with van der Waals surface area (Å²) in [7, 11) is 1.83. The third kappa shape index (κ3) is 3.38. The summed E-state index contributed by atoms with van der Waals surface area (Å²) in [4.78, 5) is 27.1. The molecular formula is C17H23N3O3. The van der Waals surface area contributed by atoms with Gasteiger partial charge in [-0.2, -0.15) is 0 Å². The molecule has 1 aromatic rings. The molecule has 1 heterocycles. The van der Waals surface area contributed by atoms with E-state index in [9.17, 15) is 14.7 Å². The van der Waals surface area contributed by atoms with Crippen molar-refractivity contribution in [2.45, 2.75) is 18.4 Å². The number of fused-ring (bicyclic) bond motifs is 1. The number of benzene rings is 1. The molecular weight excluding hydrogens is 294 g/mol. The molecule has 0 radical (unpaired) electrons. The zero-order valence-electron chi connectivity index (χ0n) is 13.4. The van der Waals surface area contributed by atoms with E-state index in [2.05, 4.69) is 5.32 Å². The molecule has 6 nitrogen and oxygen atoms in total. The molecule has 2 aliphatic rings. The van der Waals surface area contributed by atoms with Gasteiger partial charge in [0, 0.05) is 19.6 Å². The molecule has 0 aromatic heterocycles. The molecule has 1 aromatic carbocycles. The number of nitrogens with zero attached hydrogens (tertiary/aromatic N) is 2. The van der Waals surface area contributed by atoms with Crippen LogP contribution in [0.3, 0.4) is 0 Å². The van der Waals surface area contributed by atoms with Crippen LogP contribution < -0.4 is 5.32 Å². The Morgan fingerprint density at radius 2 is 2.22 bits per heavy atom. The molecule has 1 atom stereocenters. The van der Waals surface area contributed by atoms with Crippen molar-refractivity contribution in [3.05, 3.63) is 35.4 Å². The Labute approximate surface area is 136 Å². The smallest absolute Gasteiger partial charge is 0.239 e. The number of amides is 2. The van der Waals surface area contributed by atoms with Crippen LogP contribution in [0, 0.1) is 0 Å². The zero-order valence-corrected chi connectivity index (χ0v) is 13.4. The lowest BCUT2D eigenvalue weighted by molar-refractivity contribution is -0.139. The molecule has 3 rings (SSSR count). The molecule has 1 aliphatic carbocycles. The van der Waals surface area contributed by atoms with Crippen LogP contribution in [0.25, 0.3) is 0 Å². The molecule has 0 bridgehead atoms. The van der Waals surface area contributed by atoms with E-state index >= 15 is 0 Å². The van der Waals surface area contributed by atoms with Crippen molar-refractivity contribution in [1.82, 2.24) is 15.1 Å². The van der Waals surface area contributed by atoms with Gasteiger partial charge in [-0.25, -0.2) is 0 Å². The van der Waals surface area contributed by atoms with Gasteiger partial charge in [-0.3, -0.25) is 14.5 Å². The van der Waals surface area contributed by atoms with E-state index in [1.54, 1.807) is 4.90 Å². The molecule has 2 amide bonds. The summed E-state index contributed by atoms with van der Waals surface area (Å²) in [5.74, 6) is -0.187. The standard InChI is InChI=1S/C17H23N3O3/c1-19(11-16(22)20-9-8-18-15(21)10-20)12-17(23)7-6-13-4-2-3-5-14(13)17/h2-5,23H,6-12H2,1H3,(H,18,21). The van der Waals surface area contributed by atoms with Crippen LogP contribution >= 0.6 is 0 Å². The molecule has 1 fully saturated rings. The zero-order chi connectivity index (χ0) is 16.4. The highest BCUT2D eigenvalue weighted by molar-refractivity contribution is 5.86. The lowest BCUT2D eigenvalue weighted by Crippen LogP contribution is -2.52. The number of aliphatic hydroxyl groups is 1. The maximum atomic E-state index is 12.3. The number of rotatable bonds is 4. The van der Waals surface area contributed by atoms with Crippen LogP contribution in [-0.2, 0) is 21.6 Å². The second kappa shape index (κ2) is 6.29. The first-order chi connectivity index (χ1) is 11.0. The highest BCUT2D eigenvalue weighted by Crippen LogP contribution is 2.37. The average molecular weight is 317 g/mol. The first kappa shape index (κ1) is 16.0. The van der Waals surface area contributed by atoms with Gasteiger partial charge in [-0.1, -0.05) is 24.3 Å². The highest BCUT2D eigenvalue weighted by atomic mass is 16.3. The van der Waals surface area contributed by atoms with Crippen molar-refractivity contribution < 1.29 is 14.7 Å². The Kier molecular flexibility index (Phi) is 4.37. The molecule has 1 aliphatic heterocycles. The lowest BCUT2D eigenvalue weighted by atomic mass is 9.95. The number of likely N-dealkylation sites (N-methyl/N-ethyl adjacent to an activating group) is 1. The van der Waals surface area contributed by atoms with E-state index in [0.717, 1.165) is 12.0 Å². The molecule has 1 unspecified atom stereocenters. The Bertz CT molecular complexity index is 619. The topological polar surface area (TPSA) is 72.9 Å². The maximum Gasteiger partial charge on any atom is 0.239 e. The predicted octanol–water partition coefficient (Wildman–Crippen LogP) is -0.289. The summed E-state index contributed by atoms with van der Waals surface area (Å²) in [6.45, 7) is 1.80. The second-order valence-corrected chi connectivity index (χ2v) is 6.53. The number of carbonyl (C=O) groups is 2. The lowest BCUT2D eigenvalue weighted by Gasteiger charge is -2.32. The molecule has 0 saturated carbocycles. The van der Waals surface area contributed by atoms with Crippen LogP contribution in [-0.4, -0.2) is 66.5 Å². The third-order valence-electron chi connectivity index (χ3n) is 4.65. The average Bonchev–Trinajstić information content (AvgIpc) is 2.84. The molecule has 23 heavy (non-hydrogen) atoms. The van der Waals surface area contributed by atoms with Gasteiger partial charge in [0.15, 0.2) is 0 Å². The minimum atomic E-state index is -0.898. The van der Waals surface area contributed by atoms with E-state index in [1.807, 2.05) is 36.2 Å². The summed E-state index contributed by atoms with van der Waals surface area (Å²) in [6, 6.07) is 7.93. The molecule has 6 heteroatoms. The summed E-state index contributed by atoms with van der Waals surface area (Å²) < 4.78 is 0. The van der Waals surface area contributed by atoms with Gasteiger partial charge in [0.1, 0.15) is 5.60 Å².